The Labute approximate surface area is 153 Å². The second-order valence-corrected chi connectivity index (χ2v) is 6.65. The van der Waals surface area contributed by atoms with E-state index < -0.39 is 0 Å². The number of hydrogen-bond donors (Lipinski definition) is 1. The minimum absolute atomic E-state index is 0.111. The first-order valence-corrected chi connectivity index (χ1v) is 8.77. The summed E-state index contributed by atoms with van der Waals surface area (Å²) in [5.74, 6) is 1.98. The fraction of sp³-hybridized carbons (Fsp3) is 0.333. The van der Waals surface area contributed by atoms with Gasteiger partial charge in [-0.2, -0.15) is 0 Å². The molecule has 4 rings (SSSR count). The van der Waals surface area contributed by atoms with Crippen molar-refractivity contribution in [2.24, 2.45) is 0 Å². The zero-order chi connectivity index (χ0) is 18.3. The van der Waals surface area contributed by atoms with Crippen molar-refractivity contribution in [3.63, 3.8) is 0 Å². The second-order valence-electron chi connectivity index (χ2n) is 6.65. The van der Waals surface area contributed by atoms with Crippen LogP contribution in [0.3, 0.4) is 0 Å². The van der Waals surface area contributed by atoms with E-state index in [1.54, 1.807) is 21.3 Å². The van der Waals surface area contributed by atoms with Crippen LogP contribution in [0.1, 0.15) is 22.9 Å². The summed E-state index contributed by atoms with van der Waals surface area (Å²) in [6, 6.07) is 12.7. The number of methoxy groups -OCH3 is 3. The number of para-hydroxylation sites is 1. The zero-order valence-corrected chi connectivity index (χ0v) is 15.6. The Bertz CT molecular complexity index is 923. The molecule has 0 fully saturated rings. The number of aromatic nitrogens is 1. The van der Waals surface area contributed by atoms with Crippen LogP contribution in [0.25, 0.3) is 10.9 Å². The number of nitrogens with zero attached hydrogens (tertiary/aromatic N) is 1. The highest BCUT2D eigenvalue weighted by Crippen LogP contribution is 2.44. The maximum atomic E-state index is 5.56. The fourth-order valence-electron chi connectivity index (χ4n) is 4.04. The normalized spacial score (nSPS) is 17.2. The van der Waals surface area contributed by atoms with Crippen molar-refractivity contribution in [1.29, 1.82) is 0 Å². The molecule has 2 heterocycles. The Morgan fingerprint density at radius 3 is 2.35 bits per heavy atom. The van der Waals surface area contributed by atoms with Gasteiger partial charge < -0.3 is 19.2 Å². The Kier molecular flexibility index (Phi) is 4.24. The smallest absolute Gasteiger partial charge is 0.203 e. The summed E-state index contributed by atoms with van der Waals surface area (Å²) >= 11 is 0. The minimum atomic E-state index is 0.111. The molecule has 5 nitrogen and oxygen atoms in total. The van der Waals surface area contributed by atoms with Crippen LogP contribution in [0, 0.1) is 0 Å². The van der Waals surface area contributed by atoms with E-state index in [4.69, 9.17) is 14.2 Å². The van der Waals surface area contributed by atoms with Gasteiger partial charge in [-0.15, -0.1) is 0 Å². The van der Waals surface area contributed by atoms with Gasteiger partial charge in [0.25, 0.3) is 0 Å². The lowest BCUT2D eigenvalue weighted by Gasteiger charge is -2.33. The summed E-state index contributed by atoms with van der Waals surface area (Å²) in [4.78, 5) is 6.00. The summed E-state index contributed by atoms with van der Waals surface area (Å²) in [5, 5.41) is 1.31. The predicted molar refractivity (Wildman–Crippen MR) is 103 cm³/mol. The van der Waals surface area contributed by atoms with Crippen molar-refractivity contribution in [3.8, 4) is 17.2 Å². The first kappa shape index (κ1) is 16.8. The van der Waals surface area contributed by atoms with Crippen LogP contribution in [-0.4, -0.2) is 44.8 Å². The molecular weight excluding hydrogens is 328 g/mol. The van der Waals surface area contributed by atoms with Gasteiger partial charge in [-0.1, -0.05) is 18.2 Å². The monoisotopic (exact) mass is 352 g/mol. The van der Waals surface area contributed by atoms with Crippen molar-refractivity contribution in [3.05, 3.63) is 53.2 Å². The average Bonchev–Trinajstić information content (AvgIpc) is 3.05. The van der Waals surface area contributed by atoms with Crippen LogP contribution in [0.2, 0.25) is 0 Å². The third-order valence-electron chi connectivity index (χ3n) is 5.28. The van der Waals surface area contributed by atoms with Crippen LogP contribution < -0.4 is 14.2 Å². The first-order valence-electron chi connectivity index (χ1n) is 8.77. The number of H-pyrrole nitrogens is 1. The lowest BCUT2D eigenvalue weighted by atomic mass is 9.92. The number of aromatic amines is 1. The summed E-state index contributed by atoms with van der Waals surface area (Å²) in [6.45, 7) is 0.996. The highest BCUT2D eigenvalue weighted by molar-refractivity contribution is 5.85. The zero-order valence-electron chi connectivity index (χ0n) is 15.6. The van der Waals surface area contributed by atoms with Gasteiger partial charge in [0.15, 0.2) is 11.5 Å². The third-order valence-corrected chi connectivity index (χ3v) is 5.28. The Morgan fingerprint density at radius 1 is 1.00 bits per heavy atom. The quantitative estimate of drug-likeness (QED) is 0.776. The molecule has 1 aliphatic heterocycles. The highest BCUT2D eigenvalue weighted by atomic mass is 16.5. The van der Waals surface area contributed by atoms with E-state index in [-0.39, 0.29) is 6.04 Å². The topological polar surface area (TPSA) is 46.7 Å². The van der Waals surface area contributed by atoms with Crippen LogP contribution in [0.5, 0.6) is 17.2 Å². The number of hydrogen-bond acceptors (Lipinski definition) is 4. The van der Waals surface area contributed by atoms with E-state index in [2.05, 4.69) is 41.2 Å². The molecule has 1 aromatic heterocycles. The minimum Gasteiger partial charge on any atom is -0.493 e. The standard InChI is InChI=1S/C21H24N2O3/c1-23-10-9-15-14-7-5-6-8-16(14)22-19(15)20(23)13-11-17(24-2)21(26-4)18(12-13)25-3/h5-8,11-12,20,22H,9-10H2,1-4H3. The van der Waals surface area contributed by atoms with Crippen LogP contribution in [0.15, 0.2) is 36.4 Å². The van der Waals surface area contributed by atoms with Crippen molar-refractivity contribution in [2.75, 3.05) is 34.9 Å². The lowest BCUT2D eigenvalue weighted by Crippen LogP contribution is -2.32. The third kappa shape index (κ3) is 2.51. The molecule has 26 heavy (non-hydrogen) atoms. The molecule has 1 atom stereocenters. The number of fused-ring (bicyclic) bond motifs is 3. The van der Waals surface area contributed by atoms with Gasteiger partial charge in [0, 0.05) is 23.1 Å². The Balaban J connectivity index is 1.91. The van der Waals surface area contributed by atoms with Crippen molar-refractivity contribution in [2.45, 2.75) is 12.5 Å². The Hall–Kier alpha value is -2.66. The number of ether oxygens (including phenoxy) is 3. The van der Waals surface area contributed by atoms with E-state index in [1.165, 1.54) is 22.2 Å². The van der Waals surface area contributed by atoms with Crippen LogP contribution in [0.4, 0.5) is 0 Å². The van der Waals surface area contributed by atoms with Gasteiger partial charge in [-0.3, -0.25) is 4.90 Å². The molecule has 2 aromatic carbocycles. The number of benzene rings is 2. The maximum absolute atomic E-state index is 5.56. The number of likely N-dealkylation sites (N-methyl/N-ethyl adjacent to an activating group) is 1. The predicted octanol–water partition coefficient (Wildman–Crippen LogP) is 3.77. The van der Waals surface area contributed by atoms with Gasteiger partial charge in [0.2, 0.25) is 5.75 Å². The summed E-state index contributed by atoms with van der Waals surface area (Å²) in [7, 11) is 7.09. The number of nitrogens with one attached hydrogen (secondary N) is 1. The van der Waals surface area contributed by atoms with E-state index in [0.29, 0.717) is 17.2 Å². The van der Waals surface area contributed by atoms with Gasteiger partial charge in [-0.05, 0) is 42.8 Å². The molecule has 5 heteroatoms. The van der Waals surface area contributed by atoms with E-state index >= 15 is 0 Å². The first-order chi connectivity index (χ1) is 12.7. The van der Waals surface area contributed by atoms with Gasteiger partial charge in [0.05, 0.1) is 27.4 Å². The largest absolute Gasteiger partial charge is 0.493 e. The maximum Gasteiger partial charge on any atom is 0.203 e. The van der Waals surface area contributed by atoms with Gasteiger partial charge in [0.1, 0.15) is 0 Å². The second kappa shape index (κ2) is 6.57. The number of rotatable bonds is 4. The molecule has 0 saturated heterocycles. The molecule has 0 amide bonds. The molecule has 0 bridgehead atoms. The molecule has 1 aliphatic rings. The van der Waals surface area contributed by atoms with Gasteiger partial charge >= 0.3 is 0 Å². The van der Waals surface area contributed by atoms with Crippen molar-refractivity contribution < 1.29 is 14.2 Å². The fourth-order valence-corrected chi connectivity index (χ4v) is 4.04. The molecule has 1 unspecified atom stereocenters. The average molecular weight is 352 g/mol. The molecule has 136 valence electrons. The molecule has 0 aliphatic carbocycles. The highest BCUT2D eigenvalue weighted by Gasteiger charge is 2.31. The van der Waals surface area contributed by atoms with E-state index in [0.717, 1.165) is 18.5 Å². The van der Waals surface area contributed by atoms with Crippen LogP contribution in [-0.2, 0) is 6.42 Å². The summed E-state index contributed by atoms with van der Waals surface area (Å²) in [5.41, 5.74) is 4.95. The molecule has 0 saturated carbocycles. The lowest BCUT2D eigenvalue weighted by molar-refractivity contribution is 0.259. The van der Waals surface area contributed by atoms with Crippen LogP contribution >= 0.6 is 0 Å². The van der Waals surface area contributed by atoms with E-state index in [1.807, 2.05) is 12.1 Å². The summed E-state index contributed by atoms with van der Waals surface area (Å²) in [6.07, 6.45) is 1.04. The van der Waals surface area contributed by atoms with E-state index in [9.17, 15) is 0 Å². The molecule has 0 radical (unpaired) electrons. The van der Waals surface area contributed by atoms with Crippen molar-refractivity contribution in [1.82, 2.24) is 9.88 Å². The SMILES string of the molecule is COc1cc(C2c3[nH]c4ccccc4c3CCN2C)cc(OC)c1OC. The molecule has 1 N–H and O–H groups in total. The Morgan fingerprint density at radius 2 is 1.69 bits per heavy atom. The summed E-state index contributed by atoms with van der Waals surface area (Å²) < 4.78 is 16.6. The molecule has 0 spiro atoms. The molecular formula is C21H24N2O3. The van der Waals surface area contributed by atoms with Crippen molar-refractivity contribution >= 4 is 10.9 Å². The molecule has 3 aromatic rings. The van der Waals surface area contributed by atoms with Gasteiger partial charge in [-0.25, -0.2) is 0 Å².